The molecule has 3 rings (SSSR count). The highest BCUT2D eigenvalue weighted by Crippen LogP contribution is 2.20. The summed E-state index contributed by atoms with van der Waals surface area (Å²) in [4.78, 5) is 15.2. The van der Waals surface area contributed by atoms with Gasteiger partial charge in [-0.1, -0.05) is 54.6 Å². The molecule has 162 valence electrons. The molecule has 0 bridgehead atoms. The van der Waals surface area contributed by atoms with E-state index in [4.69, 9.17) is 9.47 Å². The summed E-state index contributed by atoms with van der Waals surface area (Å²) in [7, 11) is 5.01. The fourth-order valence-corrected chi connectivity index (χ4v) is 3.60. The molecule has 1 amide bonds. The predicted molar refractivity (Wildman–Crippen MR) is 123 cm³/mol. The highest BCUT2D eigenvalue weighted by molar-refractivity contribution is 5.81. The monoisotopic (exact) mass is 418 g/mol. The molecule has 0 saturated carbocycles. The van der Waals surface area contributed by atoms with Crippen molar-refractivity contribution in [3.63, 3.8) is 0 Å². The topological polar surface area (TPSA) is 50.8 Å². The number of amides is 1. The number of rotatable bonds is 10. The Morgan fingerprint density at radius 3 is 1.68 bits per heavy atom. The molecular formula is C26H30N2O3. The molecule has 0 aliphatic carbocycles. The maximum absolute atomic E-state index is 12.9. The Kier molecular flexibility index (Phi) is 8.07. The van der Waals surface area contributed by atoms with Crippen molar-refractivity contribution in [3.05, 3.63) is 95.6 Å². The Bertz CT molecular complexity index is 891. The molecule has 0 heterocycles. The smallest absolute Gasteiger partial charge is 0.237 e. The molecule has 0 aliphatic rings. The zero-order valence-corrected chi connectivity index (χ0v) is 18.4. The molecule has 0 aromatic heterocycles. The van der Waals surface area contributed by atoms with Crippen LogP contribution < -0.4 is 14.8 Å². The molecule has 3 aromatic rings. The number of likely N-dealkylation sites (N-methyl/N-ethyl adjacent to an activating group) is 1. The van der Waals surface area contributed by atoms with Gasteiger partial charge in [0, 0.05) is 20.1 Å². The lowest BCUT2D eigenvalue weighted by Crippen LogP contribution is -2.46. The maximum atomic E-state index is 12.9. The van der Waals surface area contributed by atoms with Gasteiger partial charge in [0.25, 0.3) is 0 Å². The molecule has 0 aliphatic heterocycles. The minimum atomic E-state index is -0.309. The van der Waals surface area contributed by atoms with Crippen LogP contribution in [0.4, 0.5) is 0 Å². The molecule has 0 radical (unpaired) electrons. The van der Waals surface area contributed by atoms with E-state index < -0.39 is 0 Å². The van der Waals surface area contributed by atoms with Gasteiger partial charge in [-0.15, -0.1) is 0 Å². The molecule has 0 saturated heterocycles. The van der Waals surface area contributed by atoms with E-state index >= 15 is 0 Å². The Labute approximate surface area is 184 Å². The zero-order valence-electron chi connectivity index (χ0n) is 18.4. The number of carbonyl (C=O) groups is 1. The SMILES string of the molecule is CNC(=O)C(Cc1ccccc1)N(Cc1ccc(OC)cc1)Cc1ccc(OC)cc1. The van der Waals surface area contributed by atoms with Crippen LogP contribution in [-0.2, 0) is 24.3 Å². The number of benzene rings is 3. The number of carbonyl (C=O) groups excluding carboxylic acids is 1. The van der Waals surface area contributed by atoms with E-state index in [1.54, 1.807) is 21.3 Å². The lowest BCUT2D eigenvalue weighted by atomic mass is 10.0. The third-order valence-electron chi connectivity index (χ3n) is 5.35. The van der Waals surface area contributed by atoms with Crippen molar-refractivity contribution in [1.29, 1.82) is 0 Å². The highest BCUT2D eigenvalue weighted by atomic mass is 16.5. The molecule has 1 N–H and O–H groups in total. The molecule has 5 heteroatoms. The summed E-state index contributed by atoms with van der Waals surface area (Å²) < 4.78 is 10.6. The Morgan fingerprint density at radius 2 is 1.26 bits per heavy atom. The van der Waals surface area contributed by atoms with Gasteiger partial charge in [-0.2, -0.15) is 0 Å². The quantitative estimate of drug-likeness (QED) is 0.539. The predicted octanol–water partition coefficient (Wildman–Crippen LogP) is 4.06. The van der Waals surface area contributed by atoms with E-state index in [1.165, 1.54) is 0 Å². The van der Waals surface area contributed by atoms with Crippen LogP contribution in [0.15, 0.2) is 78.9 Å². The first-order valence-electron chi connectivity index (χ1n) is 10.4. The van der Waals surface area contributed by atoms with Crippen molar-refractivity contribution in [3.8, 4) is 11.5 Å². The summed E-state index contributed by atoms with van der Waals surface area (Å²) in [6, 6.07) is 25.8. The van der Waals surface area contributed by atoms with Gasteiger partial charge in [0.1, 0.15) is 11.5 Å². The molecule has 31 heavy (non-hydrogen) atoms. The Morgan fingerprint density at radius 1 is 0.774 bits per heavy atom. The van der Waals surface area contributed by atoms with Crippen LogP contribution in [0.1, 0.15) is 16.7 Å². The van der Waals surface area contributed by atoms with E-state index in [1.807, 2.05) is 66.7 Å². The van der Waals surface area contributed by atoms with Gasteiger partial charge in [-0.25, -0.2) is 0 Å². The summed E-state index contributed by atoms with van der Waals surface area (Å²) in [6.45, 7) is 1.28. The first-order chi connectivity index (χ1) is 15.1. The van der Waals surface area contributed by atoms with Gasteiger partial charge in [0.2, 0.25) is 5.91 Å². The van der Waals surface area contributed by atoms with Crippen LogP contribution in [-0.4, -0.2) is 38.1 Å². The number of ether oxygens (including phenoxy) is 2. The van der Waals surface area contributed by atoms with E-state index in [0.717, 1.165) is 28.2 Å². The molecule has 5 nitrogen and oxygen atoms in total. The number of nitrogens with zero attached hydrogens (tertiary/aromatic N) is 1. The summed E-state index contributed by atoms with van der Waals surface area (Å²) >= 11 is 0. The van der Waals surface area contributed by atoms with Gasteiger partial charge in [0.15, 0.2) is 0 Å². The van der Waals surface area contributed by atoms with Crippen LogP contribution in [0.5, 0.6) is 11.5 Å². The fraction of sp³-hybridized carbons (Fsp3) is 0.269. The van der Waals surface area contributed by atoms with Crippen LogP contribution in [0, 0.1) is 0 Å². The number of methoxy groups -OCH3 is 2. The largest absolute Gasteiger partial charge is 0.497 e. The van der Waals surface area contributed by atoms with Crippen LogP contribution >= 0.6 is 0 Å². The average molecular weight is 419 g/mol. The first kappa shape index (κ1) is 22.4. The van der Waals surface area contributed by atoms with Crippen molar-refractivity contribution in [2.24, 2.45) is 0 Å². The number of hydrogen-bond donors (Lipinski definition) is 1. The van der Waals surface area contributed by atoms with Gasteiger partial charge in [-0.05, 0) is 47.4 Å². The van der Waals surface area contributed by atoms with E-state index in [-0.39, 0.29) is 11.9 Å². The second-order valence-corrected chi connectivity index (χ2v) is 7.42. The molecule has 1 unspecified atom stereocenters. The lowest BCUT2D eigenvalue weighted by molar-refractivity contribution is -0.126. The van der Waals surface area contributed by atoms with Crippen LogP contribution in [0.2, 0.25) is 0 Å². The van der Waals surface area contributed by atoms with E-state index in [2.05, 4.69) is 22.3 Å². The minimum Gasteiger partial charge on any atom is -0.497 e. The van der Waals surface area contributed by atoms with E-state index in [9.17, 15) is 4.79 Å². The molecule has 3 aromatic carbocycles. The molecular weight excluding hydrogens is 388 g/mol. The minimum absolute atomic E-state index is 0.00544. The first-order valence-corrected chi connectivity index (χ1v) is 10.4. The van der Waals surface area contributed by atoms with Gasteiger partial charge in [0.05, 0.1) is 20.3 Å². The molecule has 0 fully saturated rings. The second kappa shape index (κ2) is 11.2. The Hall–Kier alpha value is -3.31. The van der Waals surface area contributed by atoms with Crippen molar-refractivity contribution >= 4 is 5.91 Å². The zero-order chi connectivity index (χ0) is 22.1. The lowest BCUT2D eigenvalue weighted by Gasteiger charge is -2.31. The van der Waals surface area contributed by atoms with Crippen molar-refractivity contribution in [1.82, 2.24) is 10.2 Å². The van der Waals surface area contributed by atoms with Crippen molar-refractivity contribution in [2.45, 2.75) is 25.6 Å². The summed E-state index contributed by atoms with van der Waals surface area (Å²) in [5.74, 6) is 1.64. The highest BCUT2D eigenvalue weighted by Gasteiger charge is 2.26. The third kappa shape index (κ3) is 6.33. The summed E-state index contributed by atoms with van der Waals surface area (Å²) in [5, 5.41) is 2.85. The molecule has 0 spiro atoms. The van der Waals surface area contributed by atoms with Gasteiger partial charge < -0.3 is 14.8 Å². The summed E-state index contributed by atoms with van der Waals surface area (Å²) in [6.07, 6.45) is 0.632. The van der Waals surface area contributed by atoms with Gasteiger partial charge in [-0.3, -0.25) is 9.69 Å². The number of nitrogens with one attached hydrogen (secondary N) is 1. The van der Waals surface area contributed by atoms with Crippen molar-refractivity contribution < 1.29 is 14.3 Å². The van der Waals surface area contributed by atoms with E-state index in [0.29, 0.717) is 19.5 Å². The normalized spacial score (nSPS) is 11.7. The fourth-order valence-electron chi connectivity index (χ4n) is 3.60. The standard InChI is InChI=1S/C26H30N2O3/c1-27-26(29)25(17-20-7-5-4-6-8-20)28(18-21-9-13-23(30-2)14-10-21)19-22-11-15-24(31-3)16-12-22/h4-16,25H,17-19H2,1-3H3,(H,27,29). The van der Waals surface area contributed by atoms with Crippen molar-refractivity contribution in [2.75, 3.05) is 21.3 Å². The van der Waals surface area contributed by atoms with Crippen LogP contribution in [0.25, 0.3) is 0 Å². The molecule has 1 atom stereocenters. The Balaban J connectivity index is 1.90. The number of hydrogen-bond acceptors (Lipinski definition) is 4. The second-order valence-electron chi connectivity index (χ2n) is 7.42. The average Bonchev–Trinajstić information content (AvgIpc) is 2.83. The third-order valence-corrected chi connectivity index (χ3v) is 5.35. The van der Waals surface area contributed by atoms with Gasteiger partial charge >= 0.3 is 0 Å². The maximum Gasteiger partial charge on any atom is 0.237 e. The van der Waals surface area contributed by atoms with Crippen LogP contribution in [0.3, 0.4) is 0 Å². The summed E-state index contributed by atoms with van der Waals surface area (Å²) in [5.41, 5.74) is 3.37.